The van der Waals surface area contributed by atoms with Crippen LogP contribution in [-0.4, -0.2) is 21.6 Å². The maximum atomic E-state index is 14.4. The van der Waals surface area contributed by atoms with Gasteiger partial charge < -0.3 is 10.6 Å². The van der Waals surface area contributed by atoms with E-state index in [0.717, 1.165) is 17.8 Å². The fraction of sp³-hybridized carbons (Fsp3) is 0.421. The Kier molecular flexibility index (Phi) is 5.06. The summed E-state index contributed by atoms with van der Waals surface area (Å²) in [6.07, 6.45) is 3.08. The maximum absolute atomic E-state index is 14.4. The van der Waals surface area contributed by atoms with E-state index in [1.54, 1.807) is 6.07 Å². The molecule has 0 unspecified atom stereocenters. The molecule has 0 radical (unpaired) electrons. The number of carbonyl (C=O) groups excluding carboxylic acids is 2. The Labute approximate surface area is 151 Å². The third-order valence-corrected chi connectivity index (χ3v) is 4.40. The van der Waals surface area contributed by atoms with E-state index in [0.29, 0.717) is 36.4 Å². The molecule has 0 saturated heterocycles. The normalized spacial score (nSPS) is 13.5. The van der Waals surface area contributed by atoms with Crippen LogP contribution in [-0.2, 0) is 24.2 Å². The van der Waals surface area contributed by atoms with Gasteiger partial charge in [0.05, 0.1) is 23.1 Å². The van der Waals surface area contributed by atoms with Gasteiger partial charge in [0.2, 0.25) is 5.91 Å². The van der Waals surface area contributed by atoms with Gasteiger partial charge in [0.25, 0.3) is 5.91 Å². The lowest BCUT2D eigenvalue weighted by Crippen LogP contribution is -2.20. The number of hydrogen-bond donors (Lipinski definition) is 2. The van der Waals surface area contributed by atoms with E-state index in [1.807, 2.05) is 11.6 Å². The van der Waals surface area contributed by atoms with Crippen LogP contribution < -0.4 is 10.6 Å². The van der Waals surface area contributed by atoms with Crippen molar-refractivity contribution in [2.75, 3.05) is 10.6 Å². The molecular weight excluding hydrogens is 335 g/mol. The van der Waals surface area contributed by atoms with Gasteiger partial charge in [0, 0.05) is 18.7 Å². The number of amides is 2. The predicted octanol–water partition coefficient (Wildman–Crippen LogP) is 3.38. The Hall–Kier alpha value is -2.70. The molecule has 1 aliphatic heterocycles. The summed E-state index contributed by atoms with van der Waals surface area (Å²) < 4.78 is 16.2. The zero-order chi connectivity index (χ0) is 18.8. The number of aromatic nitrogens is 2. The van der Waals surface area contributed by atoms with E-state index in [-0.39, 0.29) is 17.5 Å². The fourth-order valence-electron chi connectivity index (χ4n) is 3.16. The molecule has 1 aromatic heterocycles. The molecule has 0 aliphatic carbocycles. The SMILES string of the molecule is CCc1c(C(=O)Nc2cc3c(cc2F)NC(=O)CC3)cnn1CC(C)C. The number of fused-ring (bicyclic) bond motifs is 1. The summed E-state index contributed by atoms with van der Waals surface area (Å²) >= 11 is 0. The van der Waals surface area contributed by atoms with Crippen molar-refractivity contribution in [3.63, 3.8) is 0 Å². The fourth-order valence-corrected chi connectivity index (χ4v) is 3.16. The molecule has 0 spiro atoms. The van der Waals surface area contributed by atoms with Crippen LogP contribution in [0, 0.1) is 11.7 Å². The molecule has 2 aromatic rings. The highest BCUT2D eigenvalue weighted by molar-refractivity contribution is 6.05. The van der Waals surface area contributed by atoms with Gasteiger partial charge in [-0.2, -0.15) is 5.10 Å². The van der Waals surface area contributed by atoms with Gasteiger partial charge in [-0.1, -0.05) is 20.8 Å². The average Bonchev–Trinajstić information content (AvgIpc) is 2.97. The van der Waals surface area contributed by atoms with Crippen molar-refractivity contribution in [2.24, 2.45) is 5.92 Å². The Morgan fingerprint density at radius 3 is 2.85 bits per heavy atom. The van der Waals surface area contributed by atoms with Gasteiger partial charge in [-0.15, -0.1) is 0 Å². The topological polar surface area (TPSA) is 76.0 Å². The van der Waals surface area contributed by atoms with Crippen LogP contribution in [0.2, 0.25) is 0 Å². The maximum Gasteiger partial charge on any atom is 0.259 e. The molecule has 0 bridgehead atoms. The average molecular weight is 358 g/mol. The number of halogens is 1. The minimum atomic E-state index is -0.577. The van der Waals surface area contributed by atoms with Crippen molar-refractivity contribution in [3.8, 4) is 0 Å². The molecule has 2 N–H and O–H groups in total. The van der Waals surface area contributed by atoms with Gasteiger partial charge in [-0.3, -0.25) is 14.3 Å². The highest BCUT2D eigenvalue weighted by atomic mass is 19.1. The summed E-state index contributed by atoms with van der Waals surface area (Å²) in [5, 5.41) is 9.60. The van der Waals surface area contributed by atoms with Crippen molar-refractivity contribution in [3.05, 3.63) is 41.0 Å². The zero-order valence-corrected chi connectivity index (χ0v) is 15.2. The van der Waals surface area contributed by atoms with E-state index in [1.165, 1.54) is 12.3 Å². The lowest BCUT2D eigenvalue weighted by Gasteiger charge is -2.18. The first-order chi connectivity index (χ1) is 12.4. The van der Waals surface area contributed by atoms with Crippen LogP contribution >= 0.6 is 0 Å². The third-order valence-electron chi connectivity index (χ3n) is 4.40. The number of anilines is 2. The highest BCUT2D eigenvalue weighted by Gasteiger charge is 2.21. The van der Waals surface area contributed by atoms with Gasteiger partial charge in [0.1, 0.15) is 5.82 Å². The van der Waals surface area contributed by atoms with Crippen LogP contribution in [0.25, 0.3) is 0 Å². The number of hydrogen-bond acceptors (Lipinski definition) is 3. The van der Waals surface area contributed by atoms with E-state index < -0.39 is 5.82 Å². The van der Waals surface area contributed by atoms with Crippen molar-refractivity contribution in [1.82, 2.24) is 9.78 Å². The second-order valence-electron chi connectivity index (χ2n) is 6.93. The lowest BCUT2D eigenvalue weighted by molar-refractivity contribution is -0.116. The summed E-state index contributed by atoms with van der Waals surface area (Å²) in [5.41, 5.74) is 2.69. The van der Waals surface area contributed by atoms with Crippen LogP contribution in [0.5, 0.6) is 0 Å². The second-order valence-corrected chi connectivity index (χ2v) is 6.93. The first-order valence-electron chi connectivity index (χ1n) is 8.87. The molecule has 6 nitrogen and oxygen atoms in total. The predicted molar refractivity (Wildman–Crippen MR) is 97.7 cm³/mol. The van der Waals surface area contributed by atoms with E-state index in [2.05, 4.69) is 29.6 Å². The Morgan fingerprint density at radius 2 is 2.15 bits per heavy atom. The molecule has 2 heterocycles. The van der Waals surface area contributed by atoms with Crippen molar-refractivity contribution in [2.45, 2.75) is 46.6 Å². The van der Waals surface area contributed by atoms with E-state index in [4.69, 9.17) is 0 Å². The quantitative estimate of drug-likeness (QED) is 0.860. The van der Waals surface area contributed by atoms with E-state index in [9.17, 15) is 14.0 Å². The van der Waals surface area contributed by atoms with Gasteiger partial charge in [-0.25, -0.2) is 4.39 Å². The third kappa shape index (κ3) is 3.61. The number of aryl methyl sites for hydroxylation is 1. The lowest BCUT2D eigenvalue weighted by atomic mass is 10.0. The minimum Gasteiger partial charge on any atom is -0.326 e. The first kappa shape index (κ1) is 18.1. The molecule has 0 fully saturated rings. The summed E-state index contributed by atoms with van der Waals surface area (Å²) in [6, 6.07) is 2.84. The van der Waals surface area contributed by atoms with Gasteiger partial charge in [0.15, 0.2) is 0 Å². The van der Waals surface area contributed by atoms with E-state index >= 15 is 0 Å². The number of nitrogens with one attached hydrogen (secondary N) is 2. The van der Waals surface area contributed by atoms with Crippen LogP contribution in [0.3, 0.4) is 0 Å². The molecular formula is C19H23FN4O2. The largest absolute Gasteiger partial charge is 0.326 e. The van der Waals surface area contributed by atoms with Crippen LogP contribution in [0.4, 0.5) is 15.8 Å². The van der Waals surface area contributed by atoms with Crippen molar-refractivity contribution >= 4 is 23.2 Å². The summed E-state index contributed by atoms with van der Waals surface area (Å²) in [6.45, 7) is 6.86. The molecule has 1 aromatic carbocycles. The number of carbonyl (C=O) groups is 2. The Balaban J connectivity index is 1.85. The summed E-state index contributed by atoms with van der Waals surface area (Å²) in [7, 11) is 0. The number of benzene rings is 1. The molecule has 2 amide bonds. The molecule has 0 atom stereocenters. The molecule has 7 heteroatoms. The Bertz CT molecular complexity index is 857. The van der Waals surface area contributed by atoms with Crippen molar-refractivity contribution in [1.29, 1.82) is 0 Å². The van der Waals surface area contributed by atoms with Crippen molar-refractivity contribution < 1.29 is 14.0 Å². The monoisotopic (exact) mass is 358 g/mol. The second kappa shape index (κ2) is 7.27. The van der Waals surface area contributed by atoms with Gasteiger partial charge in [-0.05, 0) is 36.5 Å². The zero-order valence-electron chi connectivity index (χ0n) is 15.2. The minimum absolute atomic E-state index is 0.114. The standard InChI is InChI=1S/C19H23FN4O2/c1-4-17-13(9-21-24(17)10-11(2)3)19(26)23-16-7-12-5-6-18(25)22-15(12)8-14(16)20/h7-9,11H,4-6,10H2,1-3H3,(H,22,25)(H,23,26). The number of nitrogens with zero attached hydrogens (tertiary/aromatic N) is 2. The van der Waals surface area contributed by atoms with Crippen LogP contribution in [0.1, 0.15) is 48.8 Å². The Morgan fingerprint density at radius 1 is 1.38 bits per heavy atom. The first-order valence-corrected chi connectivity index (χ1v) is 8.87. The highest BCUT2D eigenvalue weighted by Crippen LogP contribution is 2.29. The smallest absolute Gasteiger partial charge is 0.259 e. The summed E-state index contributed by atoms with van der Waals surface area (Å²) in [4.78, 5) is 24.1. The molecule has 1 aliphatic rings. The molecule has 3 rings (SSSR count). The number of rotatable bonds is 5. The molecule has 26 heavy (non-hydrogen) atoms. The molecule has 0 saturated carbocycles. The molecule has 138 valence electrons. The van der Waals surface area contributed by atoms with Crippen LogP contribution in [0.15, 0.2) is 18.3 Å². The summed E-state index contributed by atoms with van der Waals surface area (Å²) in [5.74, 6) is -0.675. The van der Waals surface area contributed by atoms with Gasteiger partial charge >= 0.3 is 0 Å².